The number of benzene rings is 2. The van der Waals surface area contributed by atoms with Crippen LogP contribution in [0.5, 0.6) is 11.5 Å². The molecule has 0 unspecified atom stereocenters. The molecule has 0 radical (unpaired) electrons. The van der Waals surface area contributed by atoms with E-state index < -0.39 is 28.8 Å². The third kappa shape index (κ3) is 5.03. The van der Waals surface area contributed by atoms with Gasteiger partial charge in [-0.05, 0) is 62.2 Å². The standard InChI is InChI=1S/C30H22F3N3O3/c1-15-12-22-28(36-30(15)33)25(10-11-34-22)39-24-9-4-18(13-21(24)32)14-23(37)27-17(3)35-16(2)26(29(27)38)19-5-7-20(31)8-6-19/h4-13H,14H2,1-3H3,(H,35,38). The van der Waals surface area contributed by atoms with E-state index in [0.29, 0.717) is 33.6 Å². The molecule has 5 rings (SSSR count). The largest absolute Gasteiger partial charge is 0.452 e. The van der Waals surface area contributed by atoms with Crippen LogP contribution in [0.4, 0.5) is 13.2 Å². The number of halogens is 3. The number of pyridine rings is 3. The second-order valence-electron chi connectivity index (χ2n) is 9.20. The number of carbonyl (C=O) groups is 1. The van der Waals surface area contributed by atoms with Crippen LogP contribution < -0.4 is 10.2 Å². The summed E-state index contributed by atoms with van der Waals surface area (Å²) in [5.41, 5.74) is 2.32. The van der Waals surface area contributed by atoms with Crippen LogP contribution in [0.25, 0.3) is 22.2 Å². The van der Waals surface area contributed by atoms with Crippen LogP contribution in [0.2, 0.25) is 0 Å². The zero-order chi connectivity index (χ0) is 27.8. The molecule has 0 amide bonds. The molecule has 3 aromatic heterocycles. The third-order valence-corrected chi connectivity index (χ3v) is 6.38. The second kappa shape index (κ2) is 10.2. The SMILES string of the molecule is Cc1cc2nccc(Oc3ccc(CC(=O)c4c(C)[nH]c(C)c(-c5ccc(F)cc5)c4=O)cc3F)c2nc1F. The molecule has 0 bridgehead atoms. The summed E-state index contributed by atoms with van der Waals surface area (Å²) in [4.78, 5) is 37.6. The molecule has 0 fully saturated rings. The summed E-state index contributed by atoms with van der Waals surface area (Å²) in [6.07, 6.45) is 1.21. The number of H-pyrrole nitrogens is 1. The molecule has 1 N–H and O–H groups in total. The van der Waals surface area contributed by atoms with Crippen molar-refractivity contribution in [2.24, 2.45) is 0 Å². The molecular weight excluding hydrogens is 507 g/mol. The minimum atomic E-state index is -0.751. The summed E-state index contributed by atoms with van der Waals surface area (Å²) in [6, 6.07) is 12.4. The molecule has 196 valence electrons. The summed E-state index contributed by atoms with van der Waals surface area (Å²) in [6.45, 7) is 4.88. The topological polar surface area (TPSA) is 84.9 Å². The van der Waals surface area contributed by atoms with Gasteiger partial charge in [-0.3, -0.25) is 14.6 Å². The number of aromatic nitrogens is 3. The Kier molecular flexibility index (Phi) is 6.74. The molecule has 0 aliphatic rings. The summed E-state index contributed by atoms with van der Waals surface area (Å²) < 4.78 is 48.1. The minimum Gasteiger partial charge on any atom is -0.452 e. The van der Waals surface area contributed by atoms with Crippen LogP contribution in [0.15, 0.2) is 65.6 Å². The number of Topliss-reactive ketones (excluding diaryl/α,β-unsaturated/α-hetero) is 1. The molecule has 0 saturated heterocycles. The number of aromatic amines is 1. The predicted octanol–water partition coefficient (Wildman–Crippen LogP) is 6.55. The zero-order valence-electron chi connectivity index (χ0n) is 21.2. The fourth-order valence-corrected chi connectivity index (χ4v) is 4.50. The molecular formula is C30H22F3N3O3. The van der Waals surface area contributed by atoms with Crippen molar-refractivity contribution in [2.75, 3.05) is 0 Å². The predicted molar refractivity (Wildman–Crippen MR) is 141 cm³/mol. The Morgan fingerprint density at radius 3 is 2.38 bits per heavy atom. The minimum absolute atomic E-state index is 0.0488. The number of nitrogens with one attached hydrogen (secondary N) is 1. The van der Waals surface area contributed by atoms with E-state index in [-0.39, 0.29) is 34.6 Å². The maximum atomic E-state index is 15.0. The molecule has 0 aliphatic carbocycles. The van der Waals surface area contributed by atoms with Crippen LogP contribution in [0, 0.1) is 38.4 Å². The maximum absolute atomic E-state index is 15.0. The number of nitrogens with zero attached hydrogens (tertiary/aromatic N) is 2. The molecule has 0 saturated carbocycles. The molecule has 6 nitrogen and oxygen atoms in total. The quantitative estimate of drug-likeness (QED) is 0.199. The Labute approximate surface area is 221 Å². The monoisotopic (exact) mass is 529 g/mol. The fraction of sp³-hybridized carbons (Fsp3) is 0.133. The highest BCUT2D eigenvalue weighted by Crippen LogP contribution is 2.30. The molecule has 0 aliphatic heterocycles. The van der Waals surface area contributed by atoms with Crippen LogP contribution in [0.1, 0.15) is 32.9 Å². The van der Waals surface area contributed by atoms with Crippen LogP contribution in [0.3, 0.4) is 0 Å². The normalized spacial score (nSPS) is 11.1. The Morgan fingerprint density at radius 1 is 0.923 bits per heavy atom. The zero-order valence-corrected chi connectivity index (χ0v) is 21.2. The average Bonchev–Trinajstić information content (AvgIpc) is 2.87. The van der Waals surface area contributed by atoms with E-state index >= 15 is 4.39 Å². The number of ether oxygens (including phenoxy) is 1. The number of ketones is 1. The lowest BCUT2D eigenvalue weighted by molar-refractivity contribution is 0.0991. The summed E-state index contributed by atoms with van der Waals surface area (Å²) >= 11 is 0. The molecule has 0 spiro atoms. The first kappa shape index (κ1) is 25.8. The number of rotatable bonds is 6. The maximum Gasteiger partial charge on any atom is 0.216 e. The number of carbonyl (C=O) groups excluding carboxylic acids is 1. The first-order valence-electron chi connectivity index (χ1n) is 12.0. The van der Waals surface area contributed by atoms with Crippen molar-refractivity contribution in [3.05, 3.63) is 117 Å². The van der Waals surface area contributed by atoms with Gasteiger partial charge in [-0.1, -0.05) is 18.2 Å². The molecule has 9 heteroatoms. The van der Waals surface area contributed by atoms with Crippen molar-refractivity contribution in [1.82, 2.24) is 15.0 Å². The van der Waals surface area contributed by atoms with Gasteiger partial charge in [-0.15, -0.1) is 0 Å². The summed E-state index contributed by atoms with van der Waals surface area (Å²) in [5, 5.41) is 0. The van der Waals surface area contributed by atoms with E-state index in [9.17, 15) is 18.4 Å². The lowest BCUT2D eigenvalue weighted by Crippen LogP contribution is -2.22. The Hall–Kier alpha value is -4.79. The number of fused-ring (bicyclic) bond motifs is 1. The Bertz CT molecular complexity index is 1820. The van der Waals surface area contributed by atoms with Gasteiger partial charge in [0.25, 0.3) is 0 Å². The van der Waals surface area contributed by atoms with E-state index in [2.05, 4.69) is 15.0 Å². The second-order valence-corrected chi connectivity index (χ2v) is 9.20. The first-order chi connectivity index (χ1) is 18.6. The summed E-state index contributed by atoms with van der Waals surface area (Å²) in [5.74, 6) is -2.40. The van der Waals surface area contributed by atoms with E-state index in [0.717, 1.165) is 6.07 Å². The van der Waals surface area contributed by atoms with E-state index in [4.69, 9.17) is 4.74 Å². The van der Waals surface area contributed by atoms with Crippen molar-refractivity contribution in [3.63, 3.8) is 0 Å². The highest BCUT2D eigenvalue weighted by Gasteiger charge is 2.21. The van der Waals surface area contributed by atoms with Crippen LogP contribution >= 0.6 is 0 Å². The van der Waals surface area contributed by atoms with E-state index in [1.807, 2.05) is 0 Å². The van der Waals surface area contributed by atoms with Crippen molar-refractivity contribution in [3.8, 4) is 22.6 Å². The molecule has 2 aromatic carbocycles. The highest BCUT2D eigenvalue weighted by molar-refractivity contribution is 5.99. The van der Waals surface area contributed by atoms with Gasteiger partial charge in [0.2, 0.25) is 11.4 Å². The first-order valence-corrected chi connectivity index (χ1v) is 12.0. The van der Waals surface area contributed by atoms with Crippen molar-refractivity contribution in [1.29, 1.82) is 0 Å². The molecule has 39 heavy (non-hydrogen) atoms. The number of hydrogen-bond acceptors (Lipinski definition) is 5. The summed E-state index contributed by atoms with van der Waals surface area (Å²) in [7, 11) is 0. The smallest absolute Gasteiger partial charge is 0.216 e. The van der Waals surface area contributed by atoms with E-state index in [1.165, 1.54) is 54.7 Å². The number of hydrogen-bond donors (Lipinski definition) is 1. The number of aryl methyl sites for hydroxylation is 3. The molecule has 3 heterocycles. The molecule has 0 atom stereocenters. The fourth-order valence-electron chi connectivity index (χ4n) is 4.50. The van der Waals surface area contributed by atoms with E-state index in [1.54, 1.807) is 20.8 Å². The van der Waals surface area contributed by atoms with Gasteiger partial charge in [0, 0.05) is 41.2 Å². The molecule has 5 aromatic rings. The van der Waals surface area contributed by atoms with Gasteiger partial charge < -0.3 is 9.72 Å². The third-order valence-electron chi connectivity index (χ3n) is 6.38. The van der Waals surface area contributed by atoms with Crippen LogP contribution in [-0.2, 0) is 6.42 Å². The van der Waals surface area contributed by atoms with Gasteiger partial charge in [0.15, 0.2) is 23.1 Å². The van der Waals surface area contributed by atoms with Gasteiger partial charge >= 0.3 is 0 Å². The van der Waals surface area contributed by atoms with Crippen molar-refractivity contribution >= 4 is 16.8 Å². The Morgan fingerprint density at radius 2 is 1.67 bits per heavy atom. The van der Waals surface area contributed by atoms with Crippen LogP contribution in [-0.4, -0.2) is 20.7 Å². The van der Waals surface area contributed by atoms with Gasteiger partial charge in [-0.25, -0.2) is 13.8 Å². The lowest BCUT2D eigenvalue weighted by atomic mass is 9.95. The van der Waals surface area contributed by atoms with Crippen molar-refractivity contribution < 1.29 is 22.7 Å². The van der Waals surface area contributed by atoms with Gasteiger partial charge in [0.1, 0.15) is 11.3 Å². The Balaban J connectivity index is 1.42. The van der Waals surface area contributed by atoms with Gasteiger partial charge in [-0.2, -0.15) is 4.39 Å². The van der Waals surface area contributed by atoms with Gasteiger partial charge in [0.05, 0.1) is 11.1 Å². The van der Waals surface area contributed by atoms with Crippen molar-refractivity contribution in [2.45, 2.75) is 27.2 Å². The average molecular weight is 530 g/mol. The highest BCUT2D eigenvalue weighted by atomic mass is 19.1. The lowest BCUT2D eigenvalue weighted by Gasteiger charge is -2.12.